The van der Waals surface area contributed by atoms with Crippen molar-refractivity contribution in [1.82, 2.24) is 0 Å². The summed E-state index contributed by atoms with van der Waals surface area (Å²) in [6, 6.07) is 6.93. The molecule has 4 heteroatoms. The van der Waals surface area contributed by atoms with Gasteiger partial charge in [0.1, 0.15) is 19.0 Å². The van der Waals surface area contributed by atoms with E-state index in [-0.39, 0.29) is 19.0 Å². The van der Waals surface area contributed by atoms with E-state index in [1.807, 2.05) is 20.8 Å². The first kappa shape index (κ1) is 16.0. The molecule has 0 fully saturated rings. The van der Waals surface area contributed by atoms with Gasteiger partial charge in [-0.25, -0.2) is 4.79 Å². The second kappa shape index (κ2) is 6.89. The van der Waals surface area contributed by atoms with Crippen LogP contribution in [0.4, 0.5) is 0 Å². The molecule has 108 valence electrons. The van der Waals surface area contributed by atoms with Crippen LogP contribution in [0, 0.1) is 5.41 Å². The molecule has 0 aliphatic rings. The molecule has 1 rings (SSSR count). The van der Waals surface area contributed by atoms with Crippen LogP contribution in [0.1, 0.15) is 31.1 Å². The van der Waals surface area contributed by atoms with Gasteiger partial charge in [0.05, 0.1) is 0 Å². The Morgan fingerprint density at radius 3 is 2.25 bits per heavy atom. The fraction of sp³-hybridized carbons (Fsp3) is 0.375. The zero-order valence-corrected chi connectivity index (χ0v) is 12.1. The molecule has 0 aliphatic carbocycles. The minimum Gasteiger partial charge on any atom is -0.490 e. The predicted octanol–water partition coefficient (Wildman–Crippen LogP) is 3.02. The molecule has 0 aromatic heterocycles. The number of ether oxygens (including phenoxy) is 2. The maximum atomic E-state index is 12.0. The zero-order valence-electron chi connectivity index (χ0n) is 12.1. The molecule has 4 nitrogen and oxygen atoms in total. The van der Waals surface area contributed by atoms with Crippen molar-refractivity contribution in [2.24, 2.45) is 5.41 Å². The summed E-state index contributed by atoms with van der Waals surface area (Å²) in [7, 11) is 0. The van der Waals surface area contributed by atoms with E-state index in [2.05, 4.69) is 6.58 Å². The van der Waals surface area contributed by atoms with Crippen molar-refractivity contribution >= 4 is 11.8 Å². The molecule has 0 aliphatic heterocycles. The number of ketones is 1. The Morgan fingerprint density at radius 1 is 1.15 bits per heavy atom. The summed E-state index contributed by atoms with van der Waals surface area (Å²) >= 11 is 0. The third-order valence-electron chi connectivity index (χ3n) is 2.56. The highest BCUT2D eigenvalue weighted by molar-refractivity contribution is 5.99. The first-order valence-electron chi connectivity index (χ1n) is 6.41. The molecule has 0 atom stereocenters. The predicted molar refractivity (Wildman–Crippen MR) is 76.9 cm³/mol. The minimum atomic E-state index is -0.472. The largest absolute Gasteiger partial charge is 0.490 e. The molecule has 0 spiro atoms. The van der Waals surface area contributed by atoms with Crippen LogP contribution in [0.2, 0.25) is 0 Å². The highest BCUT2D eigenvalue weighted by Crippen LogP contribution is 2.22. The molecule has 0 saturated carbocycles. The minimum absolute atomic E-state index is 0.0870. The van der Waals surface area contributed by atoms with Gasteiger partial charge < -0.3 is 9.47 Å². The summed E-state index contributed by atoms with van der Waals surface area (Å²) in [5.74, 6) is 0.244. The molecule has 1 aromatic rings. The fourth-order valence-electron chi connectivity index (χ4n) is 1.50. The summed E-state index contributed by atoms with van der Waals surface area (Å²) < 4.78 is 10.2. The van der Waals surface area contributed by atoms with Crippen molar-refractivity contribution in [3.05, 3.63) is 42.5 Å². The lowest BCUT2D eigenvalue weighted by Gasteiger charge is -2.16. The van der Waals surface area contributed by atoms with Crippen LogP contribution in [0.5, 0.6) is 5.75 Å². The highest BCUT2D eigenvalue weighted by Gasteiger charge is 2.22. The number of carbonyl (C=O) groups is 2. The maximum Gasteiger partial charge on any atom is 0.330 e. The van der Waals surface area contributed by atoms with Gasteiger partial charge in [0.25, 0.3) is 0 Å². The lowest BCUT2D eigenvalue weighted by atomic mass is 9.86. The Bertz CT molecular complexity index is 480. The standard InChI is InChI=1S/C16H20O4/c1-5-14(17)20-11-10-19-13-8-6-12(7-9-13)15(18)16(2,3)4/h5-9H,1,10-11H2,2-4H3. The van der Waals surface area contributed by atoms with Crippen LogP contribution in [-0.4, -0.2) is 25.0 Å². The molecule has 0 amide bonds. The molecule has 1 aromatic carbocycles. The summed E-state index contributed by atoms with van der Waals surface area (Å²) in [4.78, 5) is 22.8. The summed E-state index contributed by atoms with van der Waals surface area (Å²) in [6.07, 6.45) is 1.10. The van der Waals surface area contributed by atoms with E-state index < -0.39 is 11.4 Å². The third kappa shape index (κ3) is 4.88. The van der Waals surface area contributed by atoms with Crippen LogP contribution < -0.4 is 4.74 Å². The van der Waals surface area contributed by atoms with Crippen molar-refractivity contribution in [2.45, 2.75) is 20.8 Å². The first-order chi connectivity index (χ1) is 9.34. The Hall–Kier alpha value is -2.10. The average molecular weight is 276 g/mol. The molecule has 0 N–H and O–H groups in total. The Morgan fingerprint density at radius 2 is 1.75 bits per heavy atom. The van der Waals surface area contributed by atoms with Gasteiger partial charge in [-0.15, -0.1) is 0 Å². The van der Waals surface area contributed by atoms with Gasteiger partial charge in [0, 0.05) is 17.1 Å². The van der Waals surface area contributed by atoms with Gasteiger partial charge in [-0.2, -0.15) is 0 Å². The summed E-state index contributed by atoms with van der Waals surface area (Å²) in [5.41, 5.74) is 0.254. The van der Waals surface area contributed by atoms with E-state index >= 15 is 0 Å². The van der Waals surface area contributed by atoms with Gasteiger partial charge in [0.2, 0.25) is 0 Å². The van der Waals surface area contributed by atoms with Crippen molar-refractivity contribution in [3.8, 4) is 5.75 Å². The van der Waals surface area contributed by atoms with Crippen molar-refractivity contribution in [2.75, 3.05) is 13.2 Å². The number of hydrogen-bond donors (Lipinski definition) is 0. The van der Waals surface area contributed by atoms with Crippen LogP contribution >= 0.6 is 0 Å². The van der Waals surface area contributed by atoms with Crippen molar-refractivity contribution in [3.63, 3.8) is 0 Å². The van der Waals surface area contributed by atoms with Crippen LogP contribution in [0.25, 0.3) is 0 Å². The molecule has 0 bridgehead atoms. The first-order valence-corrected chi connectivity index (χ1v) is 6.41. The fourth-order valence-corrected chi connectivity index (χ4v) is 1.50. The Kier molecular flexibility index (Phi) is 5.50. The second-order valence-electron chi connectivity index (χ2n) is 5.32. The number of rotatable bonds is 6. The van der Waals surface area contributed by atoms with Crippen LogP contribution in [0.15, 0.2) is 36.9 Å². The summed E-state index contributed by atoms with van der Waals surface area (Å²) in [6.45, 7) is 9.36. The molecule has 20 heavy (non-hydrogen) atoms. The van der Waals surface area contributed by atoms with E-state index in [4.69, 9.17) is 9.47 Å². The normalized spacial score (nSPS) is 10.8. The molecular formula is C16H20O4. The zero-order chi connectivity index (χ0) is 15.2. The van der Waals surface area contributed by atoms with Crippen molar-refractivity contribution in [1.29, 1.82) is 0 Å². The lowest BCUT2D eigenvalue weighted by Crippen LogP contribution is -2.20. The third-order valence-corrected chi connectivity index (χ3v) is 2.56. The number of hydrogen-bond acceptors (Lipinski definition) is 4. The van der Waals surface area contributed by atoms with Crippen LogP contribution in [-0.2, 0) is 9.53 Å². The molecule has 0 unspecified atom stereocenters. The molecule has 0 radical (unpaired) electrons. The second-order valence-corrected chi connectivity index (χ2v) is 5.32. The summed E-state index contributed by atoms with van der Waals surface area (Å²) in [5, 5.41) is 0. The maximum absolute atomic E-state index is 12.0. The number of esters is 1. The number of benzene rings is 1. The molecule has 0 saturated heterocycles. The van der Waals surface area contributed by atoms with Gasteiger partial charge in [-0.1, -0.05) is 27.4 Å². The van der Waals surface area contributed by atoms with Gasteiger partial charge in [-0.05, 0) is 24.3 Å². The smallest absolute Gasteiger partial charge is 0.330 e. The SMILES string of the molecule is C=CC(=O)OCCOc1ccc(C(=O)C(C)(C)C)cc1. The van der Waals surface area contributed by atoms with E-state index in [9.17, 15) is 9.59 Å². The average Bonchev–Trinajstić information content (AvgIpc) is 2.42. The molecular weight excluding hydrogens is 256 g/mol. The van der Waals surface area contributed by atoms with E-state index in [0.29, 0.717) is 11.3 Å². The Balaban J connectivity index is 2.49. The Labute approximate surface area is 119 Å². The number of carbonyl (C=O) groups excluding carboxylic acids is 2. The van der Waals surface area contributed by atoms with Gasteiger partial charge >= 0.3 is 5.97 Å². The van der Waals surface area contributed by atoms with Crippen molar-refractivity contribution < 1.29 is 19.1 Å². The number of Topliss-reactive ketones (excluding diaryl/α,β-unsaturated/α-hetero) is 1. The lowest BCUT2D eigenvalue weighted by molar-refractivity contribution is -0.138. The quantitative estimate of drug-likeness (QED) is 0.347. The van der Waals surface area contributed by atoms with E-state index in [1.165, 1.54) is 0 Å². The topological polar surface area (TPSA) is 52.6 Å². The van der Waals surface area contributed by atoms with E-state index in [1.54, 1.807) is 24.3 Å². The van der Waals surface area contributed by atoms with Crippen LogP contribution in [0.3, 0.4) is 0 Å². The highest BCUT2D eigenvalue weighted by atomic mass is 16.6. The van der Waals surface area contributed by atoms with E-state index in [0.717, 1.165) is 6.08 Å². The monoisotopic (exact) mass is 276 g/mol. The van der Waals surface area contributed by atoms with Gasteiger partial charge in [0.15, 0.2) is 5.78 Å². The van der Waals surface area contributed by atoms with Gasteiger partial charge in [-0.3, -0.25) is 4.79 Å². The molecule has 0 heterocycles.